The highest BCUT2D eigenvalue weighted by Crippen LogP contribution is 2.31. The molecule has 160 valence electrons. The highest BCUT2D eigenvalue weighted by atomic mass is 19.4. The molecule has 0 radical (unpaired) electrons. The van der Waals surface area contributed by atoms with Gasteiger partial charge >= 0.3 is 12.2 Å². The molecule has 0 fully saturated rings. The predicted octanol–water partition coefficient (Wildman–Crippen LogP) is 4.58. The summed E-state index contributed by atoms with van der Waals surface area (Å²) < 4.78 is 38.9. The number of nitrogens with one attached hydrogen (secondary N) is 2. The highest BCUT2D eigenvalue weighted by molar-refractivity contribution is 5.94. The Morgan fingerprint density at radius 1 is 1.00 bits per heavy atom. The minimum atomic E-state index is -4.51. The van der Waals surface area contributed by atoms with Crippen LogP contribution in [0.25, 0.3) is 0 Å². The highest BCUT2D eigenvalue weighted by Gasteiger charge is 2.36. The number of urea groups is 1. The van der Waals surface area contributed by atoms with Crippen molar-refractivity contribution >= 4 is 17.6 Å². The van der Waals surface area contributed by atoms with Crippen LogP contribution in [0, 0.1) is 0 Å². The van der Waals surface area contributed by atoms with Gasteiger partial charge < -0.3 is 15.5 Å². The number of benzene rings is 2. The maximum atomic E-state index is 13.0. The van der Waals surface area contributed by atoms with Crippen LogP contribution in [0.1, 0.15) is 37.5 Å². The molecule has 2 N–H and O–H groups in total. The fourth-order valence-electron chi connectivity index (χ4n) is 3.39. The fourth-order valence-corrected chi connectivity index (χ4v) is 3.39. The van der Waals surface area contributed by atoms with Crippen molar-refractivity contribution < 1.29 is 22.8 Å². The van der Waals surface area contributed by atoms with E-state index in [9.17, 15) is 22.8 Å². The SMILES string of the molecule is CC(C)(C)NC(=O)[C@H]1Cc2ccccc2CN1C(=O)Nc1cccc(C(F)(F)F)c1. The summed E-state index contributed by atoms with van der Waals surface area (Å²) in [7, 11) is 0. The lowest BCUT2D eigenvalue weighted by atomic mass is 9.93. The van der Waals surface area contributed by atoms with E-state index in [0.717, 1.165) is 23.3 Å². The van der Waals surface area contributed by atoms with E-state index in [0.29, 0.717) is 6.42 Å². The van der Waals surface area contributed by atoms with Crippen LogP contribution >= 0.6 is 0 Å². The van der Waals surface area contributed by atoms with E-state index in [1.54, 1.807) is 0 Å². The van der Waals surface area contributed by atoms with E-state index in [-0.39, 0.29) is 18.1 Å². The number of carbonyl (C=O) groups excluding carboxylic acids is 2. The van der Waals surface area contributed by atoms with E-state index in [1.807, 2.05) is 45.0 Å². The number of fused-ring (bicyclic) bond motifs is 1. The van der Waals surface area contributed by atoms with Crippen LogP contribution in [0.5, 0.6) is 0 Å². The number of halogens is 3. The zero-order valence-electron chi connectivity index (χ0n) is 17.0. The largest absolute Gasteiger partial charge is 0.416 e. The maximum Gasteiger partial charge on any atom is 0.416 e. The number of hydrogen-bond donors (Lipinski definition) is 2. The normalized spacial score (nSPS) is 16.6. The van der Waals surface area contributed by atoms with Crippen LogP contribution in [-0.2, 0) is 23.9 Å². The number of rotatable bonds is 2. The third-order valence-electron chi connectivity index (χ3n) is 4.75. The molecule has 1 aliphatic rings. The average Bonchev–Trinajstić information content (AvgIpc) is 2.65. The zero-order valence-corrected chi connectivity index (χ0v) is 17.0. The first-order chi connectivity index (χ1) is 13.9. The number of carbonyl (C=O) groups is 2. The van der Waals surface area contributed by atoms with Gasteiger partial charge in [-0.25, -0.2) is 4.79 Å². The minimum Gasteiger partial charge on any atom is -0.350 e. The lowest BCUT2D eigenvalue weighted by Crippen LogP contribution is -2.56. The standard InChI is InChI=1S/C22H24F3N3O2/c1-21(2,3)27-19(29)18-11-14-7-4-5-8-15(14)13-28(18)20(30)26-17-10-6-9-16(12-17)22(23,24)25/h4-10,12,18H,11,13H2,1-3H3,(H,26,30)(H,27,29)/t18-/m1/s1. The lowest BCUT2D eigenvalue weighted by molar-refractivity contribution is -0.137. The van der Waals surface area contributed by atoms with Crippen LogP contribution in [0.4, 0.5) is 23.7 Å². The molecule has 0 saturated carbocycles. The van der Waals surface area contributed by atoms with Crippen LogP contribution < -0.4 is 10.6 Å². The van der Waals surface area contributed by atoms with Crippen molar-refractivity contribution in [2.75, 3.05) is 5.32 Å². The number of hydrogen-bond acceptors (Lipinski definition) is 2. The summed E-state index contributed by atoms with van der Waals surface area (Å²) in [4.78, 5) is 27.2. The van der Waals surface area contributed by atoms with Crippen molar-refractivity contribution in [2.24, 2.45) is 0 Å². The zero-order chi connectivity index (χ0) is 22.1. The molecule has 8 heteroatoms. The summed E-state index contributed by atoms with van der Waals surface area (Å²) in [6, 6.07) is 10.5. The monoisotopic (exact) mass is 419 g/mol. The molecule has 3 amide bonds. The quantitative estimate of drug-likeness (QED) is 0.749. The lowest BCUT2D eigenvalue weighted by Gasteiger charge is -2.37. The van der Waals surface area contributed by atoms with Crippen LogP contribution in [0.3, 0.4) is 0 Å². The Morgan fingerprint density at radius 2 is 1.67 bits per heavy atom. The molecule has 0 aromatic heterocycles. The van der Waals surface area contributed by atoms with Crippen molar-refractivity contribution in [3.05, 3.63) is 65.2 Å². The van der Waals surface area contributed by atoms with Gasteiger partial charge in [0.2, 0.25) is 5.91 Å². The molecular formula is C22H24F3N3O2. The third-order valence-corrected chi connectivity index (χ3v) is 4.75. The van der Waals surface area contributed by atoms with Crippen molar-refractivity contribution in [3.8, 4) is 0 Å². The Morgan fingerprint density at radius 3 is 2.30 bits per heavy atom. The first kappa shape index (κ1) is 21.7. The topological polar surface area (TPSA) is 61.4 Å². The Labute approximate surface area is 173 Å². The molecule has 2 aromatic rings. The summed E-state index contributed by atoms with van der Waals surface area (Å²) in [5.41, 5.74) is 0.540. The Balaban J connectivity index is 1.86. The van der Waals surface area contributed by atoms with Crippen LogP contribution in [0.15, 0.2) is 48.5 Å². The molecule has 30 heavy (non-hydrogen) atoms. The van der Waals surface area contributed by atoms with Crippen LogP contribution in [0.2, 0.25) is 0 Å². The summed E-state index contributed by atoms with van der Waals surface area (Å²) in [5.74, 6) is -0.309. The van der Waals surface area contributed by atoms with Crippen molar-refractivity contribution in [2.45, 2.75) is 51.5 Å². The molecule has 1 heterocycles. The van der Waals surface area contributed by atoms with Crippen molar-refractivity contribution in [1.29, 1.82) is 0 Å². The smallest absolute Gasteiger partial charge is 0.350 e. The van der Waals surface area contributed by atoms with E-state index in [2.05, 4.69) is 10.6 Å². The molecule has 0 bridgehead atoms. The summed E-state index contributed by atoms with van der Waals surface area (Å²) >= 11 is 0. The molecule has 2 aromatic carbocycles. The van der Waals surface area contributed by atoms with Crippen LogP contribution in [-0.4, -0.2) is 28.4 Å². The first-order valence-electron chi connectivity index (χ1n) is 9.58. The van der Waals surface area contributed by atoms with E-state index in [1.165, 1.54) is 17.0 Å². The molecular weight excluding hydrogens is 395 g/mol. The second-order valence-corrected chi connectivity index (χ2v) is 8.36. The average molecular weight is 419 g/mol. The summed E-state index contributed by atoms with van der Waals surface area (Å²) in [6.45, 7) is 5.71. The third kappa shape index (κ3) is 5.11. The van der Waals surface area contributed by atoms with E-state index >= 15 is 0 Å². The van der Waals surface area contributed by atoms with Gasteiger partial charge in [-0.15, -0.1) is 0 Å². The number of anilines is 1. The maximum absolute atomic E-state index is 13.0. The molecule has 3 rings (SSSR count). The van der Waals surface area contributed by atoms with Gasteiger partial charge in [0.25, 0.3) is 0 Å². The van der Waals surface area contributed by atoms with Crippen molar-refractivity contribution in [3.63, 3.8) is 0 Å². The van der Waals surface area contributed by atoms with Gasteiger partial charge in [-0.05, 0) is 50.1 Å². The second kappa shape index (κ2) is 8.01. The van der Waals surface area contributed by atoms with E-state index < -0.39 is 29.4 Å². The second-order valence-electron chi connectivity index (χ2n) is 8.36. The number of amides is 3. The molecule has 0 aliphatic carbocycles. The van der Waals surface area contributed by atoms with Crippen molar-refractivity contribution in [1.82, 2.24) is 10.2 Å². The van der Waals surface area contributed by atoms with E-state index in [4.69, 9.17) is 0 Å². The Kier molecular flexibility index (Phi) is 5.78. The van der Waals surface area contributed by atoms with Gasteiger partial charge in [-0.1, -0.05) is 30.3 Å². The molecule has 0 saturated heterocycles. The molecule has 0 spiro atoms. The van der Waals surface area contributed by atoms with Gasteiger partial charge in [0.05, 0.1) is 5.56 Å². The molecule has 1 aliphatic heterocycles. The predicted molar refractivity (Wildman–Crippen MR) is 108 cm³/mol. The van der Waals surface area contributed by atoms with Gasteiger partial charge in [0.15, 0.2) is 0 Å². The number of alkyl halides is 3. The summed E-state index contributed by atoms with van der Waals surface area (Å²) in [6.07, 6.45) is -4.19. The first-order valence-corrected chi connectivity index (χ1v) is 9.58. The molecule has 5 nitrogen and oxygen atoms in total. The van der Waals surface area contributed by atoms with Gasteiger partial charge in [-0.2, -0.15) is 13.2 Å². The minimum absolute atomic E-state index is 0.0173. The fraction of sp³-hybridized carbons (Fsp3) is 0.364. The molecule has 1 atom stereocenters. The Bertz CT molecular complexity index is 951. The Hall–Kier alpha value is -3.03. The summed E-state index contributed by atoms with van der Waals surface area (Å²) in [5, 5.41) is 5.40. The number of nitrogens with zero attached hydrogens (tertiary/aromatic N) is 1. The van der Waals surface area contributed by atoms with Gasteiger partial charge in [-0.3, -0.25) is 4.79 Å². The molecule has 0 unspecified atom stereocenters. The van der Waals surface area contributed by atoms with Gasteiger partial charge in [0.1, 0.15) is 6.04 Å². The van der Waals surface area contributed by atoms with Gasteiger partial charge in [0, 0.05) is 24.2 Å².